The summed E-state index contributed by atoms with van der Waals surface area (Å²) in [5.74, 6) is -3.42. The third-order valence-corrected chi connectivity index (χ3v) is 3.67. The van der Waals surface area contributed by atoms with Crippen molar-refractivity contribution >= 4 is 17.7 Å². The minimum Gasteiger partial charge on any atom is -0.469 e. The minimum atomic E-state index is -1.90. The molecule has 4 atom stereocenters. The first-order valence-electron chi connectivity index (χ1n) is 5.30. The van der Waals surface area contributed by atoms with E-state index in [1.807, 2.05) is 0 Å². The van der Waals surface area contributed by atoms with E-state index in [-0.39, 0.29) is 12.3 Å². The molecule has 96 valence electrons. The van der Waals surface area contributed by atoms with Gasteiger partial charge >= 0.3 is 11.9 Å². The van der Waals surface area contributed by atoms with Crippen molar-refractivity contribution in [3.8, 4) is 0 Å². The largest absolute Gasteiger partial charge is 0.469 e. The van der Waals surface area contributed by atoms with Gasteiger partial charge in [0.2, 0.25) is 5.54 Å². The maximum Gasteiger partial charge on any atom is 0.325 e. The highest BCUT2D eigenvalue weighted by molar-refractivity contribution is 6.13. The second kappa shape index (κ2) is 3.99. The number of azide groups is 1. The Morgan fingerprint density at radius 1 is 1.44 bits per heavy atom. The summed E-state index contributed by atoms with van der Waals surface area (Å²) in [4.78, 5) is 37.7. The Balaban J connectivity index is 2.40. The molecule has 2 rings (SSSR count). The van der Waals surface area contributed by atoms with Crippen LogP contribution in [0.4, 0.5) is 0 Å². The smallest absolute Gasteiger partial charge is 0.325 e. The zero-order valence-corrected chi connectivity index (χ0v) is 9.82. The maximum atomic E-state index is 11.9. The molecule has 0 heterocycles. The van der Waals surface area contributed by atoms with E-state index in [0.29, 0.717) is 0 Å². The van der Waals surface area contributed by atoms with Crippen molar-refractivity contribution in [2.24, 2.45) is 22.9 Å². The van der Waals surface area contributed by atoms with Gasteiger partial charge in [-0.3, -0.25) is 14.4 Å². The van der Waals surface area contributed by atoms with E-state index in [0.717, 1.165) is 7.11 Å². The molecule has 4 unspecified atom stereocenters. The fourth-order valence-corrected chi connectivity index (χ4v) is 2.85. The van der Waals surface area contributed by atoms with Crippen LogP contribution in [0.15, 0.2) is 5.11 Å². The molecule has 2 saturated carbocycles. The third kappa shape index (κ3) is 1.32. The number of carbonyl (C=O) groups excluding carboxylic acids is 3. The molecular weight excluding hydrogens is 242 g/mol. The molecule has 0 N–H and O–H groups in total. The molecule has 8 nitrogen and oxygen atoms in total. The molecule has 0 aromatic heterocycles. The van der Waals surface area contributed by atoms with Gasteiger partial charge in [-0.25, -0.2) is 0 Å². The van der Waals surface area contributed by atoms with Crippen LogP contribution in [0, 0.1) is 17.8 Å². The first-order valence-corrected chi connectivity index (χ1v) is 5.30. The Labute approximate surface area is 102 Å². The van der Waals surface area contributed by atoms with Crippen molar-refractivity contribution in [1.82, 2.24) is 0 Å². The van der Waals surface area contributed by atoms with Crippen LogP contribution in [-0.2, 0) is 23.9 Å². The van der Waals surface area contributed by atoms with Crippen LogP contribution >= 0.6 is 0 Å². The molecule has 0 aromatic carbocycles. The van der Waals surface area contributed by atoms with Crippen LogP contribution in [0.3, 0.4) is 0 Å². The van der Waals surface area contributed by atoms with Crippen molar-refractivity contribution in [2.45, 2.75) is 12.0 Å². The number of hydrogen-bond donors (Lipinski definition) is 0. The Morgan fingerprint density at radius 3 is 2.61 bits per heavy atom. The number of ketones is 1. The van der Waals surface area contributed by atoms with Crippen LogP contribution < -0.4 is 0 Å². The Bertz CT molecular complexity index is 484. The molecule has 18 heavy (non-hydrogen) atoms. The molecule has 0 saturated heterocycles. The van der Waals surface area contributed by atoms with E-state index in [4.69, 9.17) is 5.53 Å². The molecule has 0 radical (unpaired) electrons. The fourth-order valence-electron chi connectivity index (χ4n) is 2.85. The Morgan fingerprint density at radius 2 is 2.11 bits per heavy atom. The summed E-state index contributed by atoms with van der Waals surface area (Å²) >= 11 is 0. The quantitative estimate of drug-likeness (QED) is 0.234. The number of esters is 2. The number of methoxy groups -OCH3 is 2. The summed E-state index contributed by atoms with van der Waals surface area (Å²) in [5.41, 5.74) is 6.66. The zero-order valence-electron chi connectivity index (χ0n) is 9.82. The number of fused-ring (bicyclic) bond motifs is 1. The second-order valence-electron chi connectivity index (χ2n) is 4.31. The van der Waals surface area contributed by atoms with Crippen LogP contribution in [0.1, 0.15) is 6.42 Å². The summed E-state index contributed by atoms with van der Waals surface area (Å²) in [5, 5.41) is 3.35. The van der Waals surface area contributed by atoms with Gasteiger partial charge in [0.1, 0.15) is 0 Å². The van der Waals surface area contributed by atoms with Gasteiger partial charge in [0.15, 0.2) is 5.78 Å². The van der Waals surface area contributed by atoms with Crippen molar-refractivity contribution in [2.75, 3.05) is 14.2 Å². The number of carbonyl (C=O) groups is 3. The molecule has 2 aliphatic carbocycles. The first-order chi connectivity index (χ1) is 8.54. The van der Waals surface area contributed by atoms with Gasteiger partial charge in [0.25, 0.3) is 0 Å². The van der Waals surface area contributed by atoms with Gasteiger partial charge in [0, 0.05) is 17.3 Å². The van der Waals surface area contributed by atoms with Gasteiger partial charge in [0.05, 0.1) is 20.1 Å². The molecular formula is C10H11N3O5. The highest BCUT2D eigenvalue weighted by Crippen LogP contribution is 2.62. The van der Waals surface area contributed by atoms with Crippen molar-refractivity contribution in [1.29, 1.82) is 0 Å². The number of Topliss-reactive ketones (excluding diaryl/α,β-unsaturated/α-hetero) is 1. The SMILES string of the molecule is COC(=O)C1C2CC(=O)C(N=[N+]=[N-])(C(=O)OC)C21. The van der Waals surface area contributed by atoms with Gasteiger partial charge in [-0.2, -0.15) is 0 Å². The van der Waals surface area contributed by atoms with Crippen LogP contribution in [-0.4, -0.2) is 37.5 Å². The molecule has 0 spiro atoms. The van der Waals surface area contributed by atoms with Crippen LogP contribution in [0.5, 0.6) is 0 Å². The number of rotatable bonds is 3. The summed E-state index contributed by atoms with van der Waals surface area (Å²) < 4.78 is 9.14. The maximum absolute atomic E-state index is 11.9. The van der Waals surface area contributed by atoms with E-state index in [9.17, 15) is 14.4 Å². The average Bonchev–Trinajstić information content (AvgIpc) is 3.00. The Hall–Kier alpha value is -2.08. The van der Waals surface area contributed by atoms with Crippen LogP contribution in [0.25, 0.3) is 10.4 Å². The molecule has 0 aliphatic heterocycles. The standard InChI is InChI=1S/C10H11N3O5/c1-17-8(15)6-4-3-5(14)10(7(4)6,12-13-11)9(16)18-2/h4,6-7H,3H2,1-2H3. The molecule has 2 aliphatic rings. The van der Waals surface area contributed by atoms with E-state index in [2.05, 4.69) is 19.5 Å². The minimum absolute atomic E-state index is 0.0263. The molecule has 8 heteroatoms. The summed E-state index contributed by atoms with van der Waals surface area (Å²) in [7, 11) is 2.33. The highest BCUT2D eigenvalue weighted by Gasteiger charge is 2.76. The monoisotopic (exact) mass is 253 g/mol. The van der Waals surface area contributed by atoms with Gasteiger partial charge in [-0.1, -0.05) is 5.11 Å². The molecule has 0 aromatic rings. The Kier molecular flexibility index (Phi) is 2.74. The normalized spacial score (nSPS) is 36.3. The predicted molar refractivity (Wildman–Crippen MR) is 56.0 cm³/mol. The van der Waals surface area contributed by atoms with E-state index >= 15 is 0 Å². The van der Waals surface area contributed by atoms with Crippen molar-refractivity contribution in [3.05, 3.63) is 10.4 Å². The lowest BCUT2D eigenvalue weighted by molar-refractivity contribution is -0.152. The summed E-state index contributed by atoms with van der Waals surface area (Å²) in [6.45, 7) is 0. The lowest BCUT2D eigenvalue weighted by Crippen LogP contribution is -2.46. The average molecular weight is 253 g/mol. The summed E-state index contributed by atoms with van der Waals surface area (Å²) in [6.07, 6.45) is 0.0263. The number of ether oxygens (including phenoxy) is 2. The fraction of sp³-hybridized carbons (Fsp3) is 0.700. The van der Waals surface area contributed by atoms with E-state index < -0.39 is 35.1 Å². The van der Waals surface area contributed by atoms with Crippen molar-refractivity contribution in [3.63, 3.8) is 0 Å². The molecule has 0 bridgehead atoms. The summed E-state index contributed by atoms with van der Waals surface area (Å²) in [6, 6.07) is 0. The lowest BCUT2D eigenvalue weighted by Gasteiger charge is -2.21. The number of hydrogen-bond acceptors (Lipinski definition) is 6. The van der Waals surface area contributed by atoms with E-state index in [1.165, 1.54) is 7.11 Å². The molecule has 2 fully saturated rings. The third-order valence-electron chi connectivity index (χ3n) is 3.67. The highest BCUT2D eigenvalue weighted by atomic mass is 16.5. The van der Waals surface area contributed by atoms with Gasteiger partial charge in [-0.05, 0) is 11.4 Å². The topological polar surface area (TPSA) is 118 Å². The van der Waals surface area contributed by atoms with Gasteiger partial charge < -0.3 is 9.47 Å². The second-order valence-corrected chi connectivity index (χ2v) is 4.31. The first kappa shape index (κ1) is 12.4. The van der Waals surface area contributed by atoms with E-state index in [1.54, 1.807) is 0 Å². The zero-order chi connectivity index (χ0) is 13.5. The predicted octanol–water partition coefficient (Wildman–Crippen LogP) is 0.216. The molecule has 0 amide bonds. The number of nitrogens with zero attached hydrogens (tertiary/aromatic N) is 3. The van der Waals surface area contributed by atoms with Crippen LogP contribution in [0.2, 0.25) is 0 Å². The van der Waals surface area contributed by atoms with Gasteiger partial charge in [-0.15, -0.1) is 0 Å². The van der Waals surface area contributed by atoms with Crippen molar-refractivity contribution < 1.29 is 23.9 Å². The lowest BCUT2D eigenvalue weighted by atomic mass is 9.90.